The quantitative estimate of drug-likeness (QED) is 0.822. The van der Waals surface area contributed by atoms with E-state index in [1.165, 1.54) is 6.20 Å². The summed E-state index contributed by atoms with van der Waals surface area (Å²) in [4.78, 5) is 5.94. The van der Waals surface area contributed by atoms with E-state index in [0.29, 0.717) is 10.9 Å². The minimum atomic E-state index is -3.49. The molecule has 0 aliphatic rings. The number of aliphatic hydroxyl groups is 1. The fourth-order valence-electron chi connectivity index (χ4n) is 2.26. The number of hydrogen-bond donors (Lipinski definition) is 1. The highest BCUT2D eigenvalue weighted by Crippen LogP contribution is 2.58. The molecule has 0 radical (unpaired) electrons. The molecule has 23 heavy (non-hydrogen) atoms. The first-order chi connectivity index (χ1) is 10.8. The minimum Gasteiger partial charge on any atom is -0.378 e. The zero-order valence-electron chi connectivity index (χ0n) is 13.9. The van der Waals surface area contributed by atoms with Gasteiger partial charge in [-0.1, -0.05) is 6.07 Å². The van der Waals surface area contributed by atoms with Crippen LogP contribution in [0.2, 0.25) is 0 Å². The summed E-state index contributed by atoms with van der Waals surface area (Å²) in [5, 5.41) is 11.2. The molecule has 0 aliphatic carbocycles. The maximum atomic E-state index is 13.5. The summed E-state index contributed by atoms with van der Waals surface area (Å²) in [6, 6.07) is 10.6. The van der Waals surface area contributed by atoms with Crippen molar-refractivity contribution in [3.8, 4) is 0 Å². The summed E-state index contributed by atoms with van der Waals surface area (Å²) in [5.74, 6) is -1.25. The number of rotatable bonds is 6. The van der Waals surface area contributed by atoms with Crippen LogP contribution in [0.25, 0.3) is 0 Å². The van der Waals surface area contributed by atoms with Crippen LogP contribution < -0.4 is 10.2 Å². The number of nitrogens with zero attached hydrogens (tertiary/aromatic N) is 2. The van der Waals surface area contributed by atoms with Crippen molar-refractivity contribution in [3.63, 3.8) is 0 Å². The Morgan fingerprint density at radius 1 is 1.17 bits per heavy atom. The molecule has 0 spiro atoms. The lowest BCUT2D eigenvalue weighted by Gasteiger charge is -2.26. The molecule has 0 unspecified atom stereocenters. The molecule has 0 saturated heterocycles. The summed E-state index contributed by atoms with van der Waals surface area (Å²) < 4.78 is 19.2. The van der Waals surface area contributed by atoms with Crippen LogP contribution in [0.5, 0.6) is 0 Å². The van der Waals surface area contributed by atoms with Gasteiger partial charge in [0, 0.05) is 43.0 Å². The fourth-order valence-corrected chi connectivity index (χ4v) is 4.51. The van der Waals surface area contributed by atoms with Crippen LogP contribution in [0.1, 0.15) is 25.3 Å². The van der Waals surface area contributed by atoms with Crippen molar-refractivity contribution in [2.24, 2.45) is 0 Å². The Morgan fingerprint density at radius 2 is 1.83 bits per heavy atom. The smallest absolute Gasteiger partial charge is 0.264 e. The van der Waals surface area contributed by atoms with Crippen LogP contribution in [0.3, 0.4) is 0 Å². The first kappa shape index (κ1) is 17.7. The summed E-state index contributed by atoms with van der Waals surface area (Å²) in [5.41, 5.74) is 1.47. The standard InChI is InChI=1S/C17H23N2O3P/c1-13(2)22-23(21,17(20)14-6-5-11-18-12-14)16-9-7-15(8-10-16)19(3)4/h5-13,17,20H,1-4H3/t17-,23+/m1/s1. The van der Waals surface area contributed by atoms with Crippen LogP contribution in [0, 0.1) is 0 Å². The number of hydrogen-bond acceptors (Lipinski definition) is 5. The van der Waals surface area contributed by atoms with Gasteiger partial charge in [0.2, 0.25) is 0 Å². The highest BCUT2D eigenvalue weighted by molar-refractivity contribution is 7.67. The molecule has 0 amide bonds. The molecular weight excluding hydrogens is 311 g/mol. The molecule has 2 atom stereocenters. The van der Waals surface area contributed by atoms with E-state index in [1.54, 1.807) is 44.3 Å². The normalized spacial score (nSPS) is 15.2. The number of anilines is 1. The van der Waals surface area contributed by atoms with Crippen LogP contribution in [-0.2, 0) is 9.09 Å². The van der Waals surface area contributed by atoms with E-state index in [9.17, 15) is 9.67 Å². The predicted octanol–water partition coefficient (Wildman–Crippen LogP) is 3.17. The second kappa shape index (κ2) is 7.26. The highest BCUT2D eigenvalue weighted by Gasteiger charge is 2.37. The topological polar surface area (TPSA) is 62.7 Å². The van der Waals surface area contributed by atoms with Gasteiger partial charge in [0.1, 0.15) is 0 Å². The molecule has 0 fully saturated rings. The van der Waals surface area contributed by atoms with Gasteiger partial charge in [-0.25, -0.2) is 0 Å². The Bertz CT molecular complexity index is 672. The van der Waals surface area contributed by atoms with Crippen molar-refractivity contribution in [2.45, 2.75) is 25.8 Å². The molecule has 0 aliphatic heterocycles. The van der Waals surface area contributed by atoms with Gasteiger partial charge < -0.3 is 14.5 Å². The molecule has 1 aromatic heterocycles. The Kier molecular flexibility index (Phi) is 5.58. The van der Waals surface area contributed by atoms with E-state index < -0.39 is 13.2 Å². The van der Waals surface area contributed by atoms with Gasteiger partial charge in [0.15, 0.2) is 5.85 Å². The molecule has 6 heteroatoms. The summed E-state index contributed by atoms with van der Waals surface area (Å²) >= 11 is 0. The third kappa shape index (κ3) is 3.99. The monoisotopic (exact) mass is 334 g/mol. The van der Waals surface area contributed by atoms with E-state index in [-0.39, 0.29) is 6.10 Å². The maximum Gasteiger partial charge on any atom is 0.264 e. The van der Waals surface area contributed by atoms with Gasteiger partial charge in [-0.15, -0.1) is 0 Å². The fraction of sp³-hybridized carbons (Fsp3) is 0.353. The highest BCUT2D eigenvalue weighted by atomic mass is 31.2. The molecule has 5 nitrogen and oxygen atoms in total. The van der Waals surface area contributed by atoms with E-state index in [1.807, 2.05) is 31.1 Å². The first-order valence-corrected chi connectivity index (χ1v) is 9.18. The minimum absolute atomic E-state index is 0.277. The summed E-state index contributed by atoms with van der Waals surface area (Å²) in [6.45, 7) is 3.60. The number of aliphatic hydroxyl groups excluding tert-OH is 1. The molecule has 0 bridgehead atoms. The third-order valence-corrected chi connectivity index (χ3v) is 6.09. The molecule has 2 rings (SSSR count). The van der Waals surface area contributed by atoms with Crippen LogP contribution in [0.15, 0.2) is 48.8 Å². The number of benzene rings is 1. The predicted molar refractivity (Wildman–Crippen MR) is 93.4 cm³/mol. The van der Waals surface area contributed by atoms with Crippen molar-refractivity contribution >= 4 is 18.4 Å². The lowest BCUT2D eigenvalue weighted by atomic mass is 10.3. The zero-order valence-corrected chi connectivity index (χ0v) is 14.8. The Balaban J connectivity index is 2.44. The van der Waals surface area contributed by atoms with Crippen molar-refractivity contribution in [1.29, 1.82) is 0 Å². The molecule has 124 valence electrons. The van der Waals surface area contributed by atoms with E-state index in [4.69, 9.17) is 4.52 Å². The summed E-state index contributed by atoms with van der Waals surface area (Å²) in [6.07, 6.45) is 2.84. The average molecular weight is 334 g/mol. The number of aromatic nitrogens is 1. The van der Waals surface area contributed by atoms with E-state index >= 15 is 0 Å². The number of pyridine rings is 1. The van der Waals surface area contributed by atoms with Crippen LogP contribution in [-0.4, -0.2) is 30.3 Å². The third-order valence-electron chi connectivity index (χ3n) is 3.40. The van der Waals surface area contributed by atoms with E-state index in [2.05, 4.69) is 4.98 Å². The summed E-state index contributed by atoms with van der Waals surface area (Å²) in [7, 11) is 0.375. The van der Waals surface area contributed by atoms with E-state index in [0.717, 1.165) is 5.69 Å². The molecule has 0 saturated carbocycles. The first-order valence-electron chi connectivity index (χ1n) is 7.48. The molecule has 1 heterocycles. The maximum absolute atomic E-state index is 13.5. The zero-order chi connectivity index (χ0) is 17.0. The molecule has 1 aromatic carbocycles. The SMILES string of the molecule is CC(C)O[P@@](=O)(c1ccc(N(C)C)cc1)[C@@H](O)c1cccnc1. The largest absolute Gasteiger partial charge is 0.378 e. The van der Waals surface area contributed by atoms with Crippen molar-refractivity contribution in [3.05, 3.63) is 54.4 Å². The van der Waals surface area contributed by atoms with Gasteiger partial charge in [0.05, 0.1) is 6.10 Å². The van der Waals surface area contributed by atoms with Gasteiger partial charge in [-0.05, 0) is 44.2 Å². The molecule has 1 N–H and O–H groups in total. The van der Waals surface area contributed by atoms with Gasteiger partial charge >= 0.3 is 0 Å². The molecular formula is C17H23N2O3P. The Hall–Kier alpha value is -1.68. The van der Waals surface area contributed by atoms with Crippen molar-refractivity contribution in [1.82, 2.24) is 4.98 Å². The van der Waals surface area contributed by atoms with Gasteiger partial charge in [-0.2, -0.15) is 0 Å². The lowest BCUT2D eigenvalue weighted by molar-refractivity contribution is 0.188. The van der Waals surface area contributed by atoms with Crippen LogP contribution >= 0.6 is 7.37 Å². The Labute approximate surface area is 137 Å². The molecule has 2 aromatic rings. The second-order valence-corrected chi connectivity index (χ2v) is 8.23. The lowest BCUT2D eigenvalue weighted by Crippen LogP contribution is -2.18. The van der Waals surface area contributed by atoms with Crippen molar-refractivity contribution < 1.29 is 14.2 Å². The second-order valence-electron chi connectivity index (χ2n) is 5.82. The average Bonchev–Trinajstić information content (AvgIpc) is 2.54. The van der Waals surface area contributed by atoms with Crippen LogP contribution in [0.4, 0.5) is 5.69 Å². The van der Waals surface area contributed by atoms with Gasteiger partial charge in [-0.3, -0.25) is 9.55 Å². The van der Waals surface area contributed by atoms with Gasteiger partial charge in [0.25, 0.3) is 7.37 Å². The van der Waals surface area contributed by atoms with Crippen molar-refractivity contribution in [2.75, 3.05) is 19.0 Å². The Morgan fingerprint density at radius 3 is 2.30 bits per heavy atom.